The molecule has 0 aliphatic carbocycles. The predicted octanol–water partition coefficient (Wildman–Crippen LogP) is 0.839. The zero-order valence-corrected chi connectivity index (χ0v) is 12.2. The Labute approximate surface area is 108 Å². The van der Waals surface area contributed by atoms with Crippen LogP contribution in [-0.2, 0) is 24.1 Å². The Morgan fingerprint density at radius 2 is 1.89 bits per heavy atom. The maximum Gasteiger partial charge on any atom is 0.397 e. The third-order valence-electron chi connectivity index (χ3n) is 1.62. The van der Waals surface area contributed by atoms with Crippen molar-refractivity contribution >= 4 is 16.4 Å². The van der Waals surface area contributed by atoms with E-state index >= 15 is 0 Å². The third kappa shape index (κ3) is 13.1. The first-order chi connectivity index (χ1) is 8.01. The first kappa shape index (κ1) is 19.4. The fourth-order valence-electron chi connectivity index (χ4n) is 0.510. The van der Waals surface area contributed by atoms with Gasteiger partial charge in [-0.2, -0.15) is 8.42 Å². The fraction of sp³-hybridized carbons (Fsp3) is 0.700. The maximum atomic E-state index is 10.9. The van der Waals surface area contributed by atoms with Crippen LogP contribution in [0.2, 0.25) is 0 Å². The summed E-state index contributed by atoms with van der Waals surface area (Å²) < 4.78 is 35.6. The highest BCUT2D eigenvalue weighted by Crippen LogP contribution is 1.99. The summed E-state index contributed by atoms with van der Waals surface area (Å²) in [6.45, 7) is 8.35. The molecule has 0 rings (SSSR count). The second kappa shape index (κ2) is 9.03. The molecule has 0 aromatic rings. The Balaban J connectivity index is 0. The van der Waals surface area contributed by atoms with Crippen LogP contribution in [-0.4, -0.2) is 50.8 Å². The van der Waals surface area contributed by atoms with Gasteiger partial charge in [-0.25, -0.2) is 8.98 Å². The monoisotopic (exact) mass is 283 g/mol. The van der Waals surface area contributed by atoms with Gasteiger partial charge >= 0.3 is 16.4 Å². The van der Waals surface area contributed by atoms with Crippen LogP contribution in [0, 0.1) is 0 Å². The molecule has 1 atom stereocenters. The largest absolute Gasteiger partial charge is 0.443 e. The molecule has 0 heterocycles. The number of hydrogen-bond donors (Lipinski definition) is 1. The molecule has 0 aliphatic rings. The highest BCUT2D eigenvalue weighted by atomic mass is 32.3. The van der Waals surface area contributed by atoms with Gasteiger partial charge in [0.25, 0.3) is 0 Å². The average Bonchev–Trinajstić information content (AvgIpc) is 2.16. The number of hydrogen-bond acceptors (Lipinski definition) is 6. The summed E-state index contributed by atoms with van der Waals surface area (Å²) in [5.74, 6) is -0.341. The normalized spacial score (nSPS) is 12.4. The zero-order chi connectivity index (χ0) is 14.9. The molecule has 0 aromatic carbocycles. The molecule has 108 valence electrons. The molecule has 0 aromatic heterocycles. The van der Waals surface area contributed by atoms with E-state index in [1.54, 1.807) is 18.7 Å². The molecule has 0 amide bonds. The molecule has 0 saturated heterocycles. The minimum absolute atomic E-state index is 0.0289. The number of ether oxygens (including phenoxy) is 1. The molecule has 0 fully saturated rings. The molecular formula is C10H21NO6S. The summed E-state index contributed by atoms with van der Waals surface area (Å²) >= 11 is 0. The van der Waals surface area contributed by atoms with Gasteiger partial charge in [0, 0.05) is 5.57 Å². The molecule has 1 unspecified atom stereocenters. The highest BCUT2D eigenvalue weighted by molar-refractivity contribution is 7.80. The Bertz CT molecular complexity index is 363. The second-order valence-electron chi connectivity index (χ2n) is 3.58. The first-order valence-corrected chi connectivity index (χ1v) is 6.52. The van der Waals surface area contributed by atoms with E-state index in [0.29, 0.717) is 5.57 Å². The van der Waals surface area contributed by atoms with Crippen molar-refractivity contribution in [2.24, 2.45) is 0 Å². The minimum Gasteiger partial charge on any atom is -0.443 e. The Morgan fingerprint density at radius 1 is 1.44 bits per heavy atom. The van der Waals surface area contributed by atoms with Crippen LogP contribution < -0.4 is 0 Å². The number of rotatable bonds is 5. The van der Waals surface area contributed by atoms with Gasteiger partial charge in [0.2, 0.25) is 0 Å². The lowest BCUT2D eigenvalue weighted by atomic mass is 10.4. The number of carbonyl (C=O) groups is 1. The number of esters is 1. The molecule has 0 aliphatic heterocycles. The van der Waals surface area contributed by atoms with E-state index in [9.17, 15) is 13.2 Å². The van der Waals surface area contributed by atoms with E-state index in [2.05, 4.69) is 10.8 Å². The van der Waals surface area contributed by atoms with Crippen LogP contribution in [0.5, 0.6) is 0 Å². The summed E-state index contributed by atoms with van der Waals surface area (Å²) in [6, 6.07) is 0. The summed E-state index contributed by atoms with van der Waals surface area (Å²) in [7, 11) is -0.487. The lowest BCUT2D eigenvalue weighted by Gasteiger charge is -2.19. The lowest BCUT2D eigenvalue weighted by Crippen LogP contribution is -2.30. The van der Waals surface area contributed by atoms with Crippen molar-refractivity contribution in [1.29, 1.82) is 0 Å². The van der Waals surface area contributed by atoms with Gasteiger partial charge in [0.05, 0.1) is 6.61 Å². The van der Waals surface area contributed by atoms with Gasteiger partial charge in [-0.3, -0.25) is 9.45 Å². The van der Waals surface area contributed by atoms with E-state index < -0.39 is 10.4 Å². The predicted molar refractivity (Wildman–Crippen MR) is 67.2 cm³/mol. The third-order valence-corrected chi connectivity index (χ3v) is 2.15. The average molecular weight is 283 g/mol. The maximum absolute atomic E-state index is 10.9. The van der Waals surface area contributed by atoms with Crippen LogP contribution in [0.3, 0.4) is 0 Å². The standard InChI is InChI=1S/C8H15NO2.C2H6O4S/c1-6(2)8(10)11-7(3)9(4)5;1-2-6-7(3,4)5/h7H,1H2,2-5H3;2H2,1H3,(H,3,4,5). The van der Waals surface area contributed by atoms with Crippen molar-refractivity contribution in [3.8, 4) is 0 Å². The van der Waals surface area contributed by atoms with Gasteiger partial charge in [-0.05, 0) is 34.9 Å². The Hall–Kier alpha value is -0.960. The molecule has 0 radical (unpaired) electrons. The van der Waals surface area contributed by atoms with Crippen LogP contribution in [0.25, 0.3) is 0 Å². The van der Waals surface area contributed by atoms with Gasteiger partial charge < -0.3 is 4.74 Å². The molecule has 18 heavy (non-hydrogen) atoms. The van der Waals surface area contributed by atoms with Gasteiger partial charge in [-0.1, -0.05) is 6.58 Å². The van der Waals surface area contributed by atoms with Crippen molar-refractivity contribution in [3.05, 3.63) is 12.2 Å². The van der Waals surface area contributed by atoms with E-state index in [1.807, 2.05) is 14.1 Å². The molecular weight excluding hydrogens is 262 g/mol. The topological polar surface area (TPSA) is 93.1 Å². The summed E-state index contributed by atoms with van der Waals surface area (Å²) in [4.78, 5) is 12.7. The molecule has 0 bridgehead atoms. The van der Waals surface area contributed by atoms with E-state index in [4.69, 9.17) is 9.29 Å². The zero-order valence-electron chi connectivity index (χ0n) is 11.3. The van der Waals surface area contributed by atoms with E-state index in [1.165, 1.54) is 6.92 Å². The summed E-state index contributed by atoms with van der Waals surface area (Å²) in [6.07, 6.45) is -0.195. The molecule has 8 heteroatoms. The summed E-state index contributed by atoms with van der Waals surface area (Å²) in [5, 5.41) is 0. The number of nitrogens with zero attached hydrogens (tertiary/aromatic N) is 1. The second-order valence-corrected chi connectivity index (χ2v) is 4.67. The van der Waals surface area contributed by atoms with Crippen LogP contribution in [0.4, 0.5) is 0 Å². The van der Waals surface area contributed by atoms with E-state index in [0.717, 1.165) is 0 Å². The minimum atomic E-state index is -4.17. The van der Waals surface area contributed by atoms with Crippen LogP contribution in [0.1, 0.15) is 20.8 Å². The van der Waals surface area contributed by atoms with Crippen molar-refractivity contribution in [3.63, 3.8) is 0 Å². The van der Waals surface area contributed by atoms with Gasteiger partial charge in [0.15, 0.2) is 6.23 Å². The molecule has 0 spiro atoms. The number of carbonyl (C=O) groups excluding carboxylic acids is 1. The smallest absolute Gasteiger partial charge is 0.397 e. The quantitative estimate of drug-likeness (QED) is 0.346. The van der Waals surface area contributed by atoms with Crippen molar-refractivity contribution < 1.29 is 26.7 Å². The first-order valence-electron chi connectivity index (χ1n) is 5.16. The van der Waals surface area contributed by atoms with E-state index in [-0.39, 0.29) is 18.8 Å². The van der Waals surface area contributed by atoms with Gasteiger partial charge in [-0.15, -0.1) is 0 Å². The summed E-state index contributed by atoms with van der Waals surface area (Å²) in [5.41, 5.74) is 0.429. The molecule has 1 N–H and O–H groups in total. The van der Waals surface area contributed by atoms with Gasteiger partial charge in [0.1, 0.15) is 0 Å². The highest BCUT2D eigenvalue weighted by Gasteiger charge is 2.10. The lowest BCUT2D eigenvalue weighted by molar-refractivity contribution is -0.150. The van der Waals surface area contributed by atoms with Crippen molar-refractivity contribution in [1.82, 2.24) is 4.90 Å². The SMILES string of the molecule is C=C(C)C(=O)OC(C)N(C)C.CCOS(=O)(=O)O. The fourth-order valence-corrected chi connectivity index (χ4v) is 0.808. The molecule has 7 nitrogen and oxygen atoms in total. The van der Waals surface area contributed by atoms with Crippen LogP contribution in [0.15, 0.2) is 12.2 Å². The molecule has 0 saturated carbocycles. The van der Waals surface area contributed by atoms with Crippen molar-refractivity contribution in [2.45, 2.75) is 27.0 Å². The van der Waals surface area contributed by atoms with Crippen molar-refractivity contribution in [2.75, 3.05) is 20.7 Å². The van der Waals surface area contributed by atoms with Crippen LogP contribution >= 0.6 is 0 Å². The Morgan fingerprint density at radius 3 is 2.06 bits per heavy atom. The Kier molecular flexibility index (Phi) is 9.73.